The van der Waals surface area contributed by atoms with E-state index < -0.39 is 11.7 Å². The standard InChI is InChI=1S/C14H14ClNO3/c1-8-5-6-9(19-8)7-16-12-10(13(17)14(16)18)3-2-4-11(12)15/h2-4,8-9H,5-7H2,1H3. The number of ketones is 1. The number of ether oxygens (including phenoxy) is 1. The summed E-state index contributed by atoms with van der Waals surface area (Å²) in [6.07, 6.45) is 2.08. The van der Waals surface area contributed by atoms with E-state index in [9.17, 15) is 9.59 Å². The maximum absolute atomic E-state index is 12.0. The van der Waals surface area contributed by atoms with E-state index in [1.807, 2.05) is 6.92 Å². The lowest BCUT2D eigenvalue weighted by molar-refractivity contribution is -0.114. The fourth-order valence-corrected chi connectivity index (χ4v) is 2.99. The van der Waals surface area contributed by atoms with Crippen molar-refractivity contribution in [2.75, 3.05) is 11.4 Å². The van der Waals surface area contributed by atoms with Crippen LogP contribution in [0.4, 0.5) is 5.69 Å². The van der Waals surface area contributed by atoms with Crippen molar-refractivity contribution in [1.82, 2.24) is 0 Å². The van der Waals surface area contributed by atoms with Crippen molar-refractivity contribution >= 4 is 29.0 Å². The lowest BCUT2D eigenvalue weighted by atomic mass is 10.1. The van der Waals surface area contributed by atoms with Crippen molar-refractivity contribution in [3.8, 4) is 0 Å². The number of anilines is 1. The van der Waals surface area contributed by atoms with Gasteiger partial charge in [-0.05, 0) is 31.9 Å². The molecule has 2 aliphatic rings. The molecule has 5 heteroatoms. The summed E-state index contributed by atoms with van der Waals surface area (Å²) in [6.45, 7) is 2.41. The highest BCUT2D eigenvalue weighted by Crippen LogP contribution is 2.36. The van der Waals surface area contributed by atoms with Crippen LogP contribution in [0.15, 0.2) is 18.2 Å². The molecular formula is C14H14ClNO3. The molecule has 1 aromatic carbocycles. The van der Waals surface area contributed by atoms with E-state index in [1.165, 1.54) is 4.90 Å². The van der Waals surface area contributed by atoms with Gasteiger partial charge >= 0.3 is 0 Å². The van der Waals surface area contributed by atoms with Crippen LogP contribution < -0.4 is 4.90 Å². The van der Waals surface area contributed by atoms with Crippen LogP contribution in [0.2, 0.25) is 5.02 Å². The van der Waals surface area contributed by atoms with Crippen LogP contribution >= 0.6 is 11.6 Å². The van der Waals surface area contributed by atoms with Gasteiger partial charge < -0.3 is 9.64 Å². The molecule has 0 saturated carbocycles. The molecule has 19 heavy (non-hydrogen) atoms. The SMILES string of the molecule is CC1CCC(CN2C(=O)C(=O)c3cccc(Cl)c32)O1. The molecule has 1 amide bonds. The Morgan fingerprint density at radius 1 is 1.37 bits per heavy atom. The summed E-state index contributed by atoms with van der Waals surface area (Å²) in [5.41, 5.74) is 0.922. The van der Waals surface area contributed by atoms with Crippen molar-refractivity contribution < 1.29 is 14.3 Å². The lowest BCUT2D eigenvalue weighted by Gasteiger charge is -2.21. The predicted octanol–water partition coefficient (Wildman–Crippen LogP) is 2.44. The number of nitrogens with zero attached hydrogens (tertiary/aromatic N) is 1. The zero-order chi connectivity index (χ0) is 13.6. The van der Waals surface area contributed by atoms with Gasteiger partial charge in [0, 0.05) is 0 Å². The Balaban J connectivity index is 1.91. The van der Waals surface area contributed by atoms with E-state index in [0.29, 0.717) is 22.8 Å². The largest absolute Gasteiger partial charge is 0.373 e. The first-order chi connectivity index (χ1) is 9.08. The highest BCUT2D eigenvalue weighted by molar-refractivity contribution is 6.54. The van der Waals surface area contributed by atoms with Crippen molar-refractivity contribution in [3.63, 3.8) is 0 Å². The third-order valence-electron chi connectivity index (χ3n) is 3.65. The molecule has 0 N–H and O–H groups in total. The molecule has 3 rings (SSSR count). The number of rotatable bonds is 2. The van der Waals surface area contributed by atoms with Gasteiger partial charge in [0.05, 0.1) is 35.0 Å². The van der Waals surface area contributed by atoms with Crippen LogP contribution in [0.3, 0.4) is 0 Å². The number of carbonyl (C=O) groups excluding carboxylic acids is 2. The number of fused-ring (bicyclic) bond motifs is 1. The van der Waals surface area contributed by atoms with Gasteiger partial charge in [0.2, 0.25) is 0 Å². The van der Waals surface area contributed by atoms with E-state index in [4.69, 9.17) is 16.3 Å². The molecule has 100 valence electrons. The van der Waals surface area contributed by atoms with Gasteiger partial charge in [-0.25, -0.2) is 0 Å². The Bertz CT molecular complexity index is 558. The Labute approximate surface area is 116 Å². The minimum absolute atomic E-state index is 0.0195. The molecular weight excluding hydrogens is 266 g/mol. The molecule has 0 aromatic heterocycles. The number of hydrogen-bond donors (Lipinski definition) is 0. The fraction of sp³-hybridized carbons (Fsp3) is 0.429. The highest BCUT2D eigenvalue weighted by Gasteiger charge is 2.39. The first kappa shape index (κ1) is 12.6. The summed E-state index contributed by atoms with van der Waals surface area (Å²) in [7, 11) is 0. The second-order valence-electron chi connectivity index (χ2n) is 5.03. The van der Waals surface area contributed by atoms with Gasteiger partial charge in [-0.2, -0.15) is 0 Å². The van der Waals surface area contributed by atoms with Crippen molar-refractivity contribution in [2.24, 2.45) is 0 Å². The van der Waals surface area contributed by atoms with E-state index in [-0.39, 0.29) is 12.2 Å². The highest BCUT2D eigenvalue weighted by atomic mass is 35.5. The maximum atomic E-state index is 12.0. The molecule has 1 fully saturated rings. The van der Waals surface area contributed by atoms with Crippen LogP contribution in [0.1, 0.15) is 30.1 Å². The predicted molar refractivity (Wildman–Crippen MR) is 71.7 cm³/mol. The van der Waals surface area contributed by atoms with Gasteiger partial charge in [-0.15, -0.1) is 0 Å². The summed E-state index contributed by atoms with van der Waals surface area (Å²) in [5.74, 6) is -0.991. The molecule has 0 radical (unpaired) electrons. The van der Waals surface area contributed by atoms with Gasteiger partial charge in [0.1, 0.15) is 0 Å². The van der Waals surface area contributed by atoms with Gasteiger partial charge in [0.15, 0.2) is 0 Å². The van der Waals surface area contributed by atoms with Gasteiger partial charge in [-0.3, -0.25) is 9.59 Å². The third kappa shape index (κ3) is 2.05. The molecule has 1 aromatic rings. The van der Waals surface area contributed by atoms with Crippen LogP contribution in [-0.4, -0.2) is 30.4 Å². The van der Waals surface area contributed by atoms with Crippen LogP contribution in [0.25, 0.3) is 0 Å². The van der Waals surface area contributed by atoms with E-state index >= 15 is 0 Å². The number of hydrogen-bond acceptors (Lipinski definition) is 3. The zero-order valence-electron chi connectivity index (χ0n) is 10.6. The Morgan fingerprint density at radius 2 is 2.16 bits per heavy atom. The number of para-hydroxylation sites is 1. The van der Waals surface area contributed by atoms with Crippen LogP contribution in [0.5, 0.6) is 0 Å². The monoisotopic (exact) mass is 279 g/mol. The lowest BCUT2D eigenvalue weighted by Crippen LogP contribution is -2.36. The smallest absolute Gasteiger partial charge is 0.299 e. The minimum Gasteiger partial charge on any atom is -0.373 e. The van der Waals surface area contributed by atoms with Crippen molar-refractivity contribution in [1.29, 1.82) is 0 Å². The average Bonchev–Trinajstić information content (AvgIpc) is 2.89. The first-order valence-electron chi connectivity index (χ1n) is 6.38. The Morgan fingerprint density at radius 3 is 2.84 bits per heavy atom. The number of Topliss-reactive ketones (excluding diaryl/α,β-unsaturated/α-hetero) is 1. The molecule has 2 heterocycles. The molecule has 2 unspecified atom stereocenters. The average molecular weight is 280 g/mol. The van der Waals surface area contributed by atoms with Gasteiger partial charge in [-0.1, -0.05) is 17.7 Å². The van der Waals surface area contributed by atoms with Crippen molar-refractivity contribution in [2.45, 2.75) is 32.0 Å². The Hall–Kier alpha value is -1.39. The molecule has 0 bridgehead atoms. The van der Waals surface area contributed by atoms with E-state index in [1.54, 1.807) is 18.2 Å². The van der Waals surface area contributed by atoms with Crippen LogP contribution in [0, 0.1) is 0 Å². The topological polar surface area (TPSA) is 46.6 Å². The van der Waals surface area contributed by atoms with E-state index in [2.05, 4.69) is 0 Å². The second-order valence-corrected chi connectivity index (χ2v) is 5.43. The summed E-state index contributed by atoms with van der Waals surface area (Å²) in [4.78, 5) is 25.4. The maximum Gasteiger partial charge on any atom is 0.299 e. The fourth-order valence-electron chi connectivity index (χ4n) is 2.71. The summed E-state index contributed by atoms with van der Waals surface area (Å²) < 4.78 is 5.71. The van der Waals surface area contributed by atoms with Gasteiger partial charge in [0.25, 0.3) is 11.7 Å². The zero-order valence-corrected chi connectivity index (χ0v) is 11.3. The summed E-state index contributed by atoms with van der Waals surface area (Å²) in [5, 5.41) is 0.433. The molecule has 2 atom stereocenters. The van der Waals surface area contributed by atoms with E-state index in [0.717, 1.165) is 12.8 Å². The number of benzene rings is 1. The third-order valence-corrected chi connectivity index (χ3v) is 3.95. The summed E-state index contributed by atoms with van der Waals surface area (Å²) >= 11 is 6.12. The molecule has 2 aliphatic heterocycles. The van der Waals surface area contributed by atoms with Crippen molar-refractivity contribution in [3.05, 3.63) is 28.8 Å². The number of amides is 1. The molecule has 0 spiro atoms. The minimum atomic E-state index is -0.508. The quantitative estimate of drug-likeness (QED) is 0.781. The number of carbonyl (C=O) groups is 2. The molecule has 0 aliphatic carbocycles. The number of halogens is 1. The first-order valence-corrected chi connectivity index (χ1v) is 6.76. The molecule has 1 saturated heterocycles. The van der Waals surface area contributed by atoms with Crippen LogP contribution in [-0.2, 0) is 9.53 Å². The molecule has 4 nitrogen and oxygen atoms in total. The Kier molecular flexibility index (Phi) is 3.07. The second kappa shape index (κ2) is 4.62. The normalized spacial score (nSPS) is 26.1. The summed E-state index contributed by atoms with van der Waals surface area (Å²) in [6, 6.07) is 5.01.